The lowest BCUT2D eigenvalue weighted by Crippen LogP contribution is -2.23. The van der Waals surface area contributed by atoms with Crippen LogP contribution < -0.4 is 0 Å². The second-order valence-electron chi connectivity index (χ2n) is 6.33. The van der Waals surface area contributed by atoms with Gasteiger partial charge in [-0.15, -0.1) is 0 Å². The molecule has 0 aromatic rings. The summed E-state index contributed by atoms with van der Waals surface area (Å²) in [7, 11) is 0. The number of hydrogen-bond donors (Lipinski definition) is 0. The highest BCUT2D eigenvalue weighted by Crippen LogP contribution is 2.30. The summed E-state index contributed by atoms with van der Waals surface area (Å²) < 4.78 is 20.7. The minimum absolute atomic E-state index is 0.0789. The molecule has 1 fully saturated rings. The van der Waals surface area contributed by atoms with Crippen LogP contribution in [0.3, 0.4) is 0 Å². The standard InChI is InChI=1S/C20H26O7/c1-13(2)7-6-8-18-20(27-18)11-19(26-16(5)23)17(12-25-15(4)22)9-10-24-14(3)21/h7,12,18-20H,9-11H2,1-5H3/b17-12-/t18-,19-,20+/m0/s1. The van der Waals surface area contributed by atoms with Crippen LogP contribution in [0.2, 0.25) is 0 Å². The van der Waals surface area contributed by atoms with E-state index in [0.29, 0.717) is 12.0 Å². The number of esters is 3. The van der Waals surface area contributed by atoms with Gasteiger partial charge in [-0.3, -0.25) is 14.4 Å². The molecule has 7 nitrogen and oxygen atoms in total. The van der Waals surface area contributed by atoms with Crippen LogP contribution >= 0.6 is 0 Å². The SMILES string of the molecule is CC(=O)O/C=C(/CCOC(C)=O)[C@H](C[C@H]1O[C@H]1C#CC=C(C)C)OC(C)=O. The summed E-state index contributed by atoms with van der Waals surface area (Å²) in [5.41, 5.74) is 1.61. The van der Waals surface area contributed by atoms with E-state index in [1.165, 1.54) is 27.0 Å². The molecule has 1 rings (SSSR count). The second-order valence-corrected chi connectivity index (χ2v) is 6.33. The van der Waals surface area contributed by atoms with E-state index in [0.717, 1.165) is 5.57 Å². The Morgan fingerprint density at radius 3 is 2.33 bits per heavy atom. The Hall–Kier alpha value is -2.59. The number of carbonyl (C=O) groups is 3. The van der Waals surface area contributed by atoms with E-state index in [-0.39, 0.29) is 25.2 Å². The van der Waals surface area contributed by atoms with E-state index in [1.54, 1.807) is 6.08 Å². The number of rotatable bonds is 8. The Kier molecular flexibility index (Phi) is 9.31. The van der Waals surface area contributed by atoms with Crippen LogP contribution in [-0.4, -0.2) is 42.8 Å². The van der Waals surface area contributed by atoms with Crippen molar-refractivity contribution in [1.29, 1.82) is 0 Å². The molecular formula is C20H26O7. The quantitative estimate of drug-likeness (QED) is 0.211. The predicted octanol–water partition coefficient (Wildman–Crippen LogP) is 2.45. The molecule has 0 aliphatic carbocycles. The zero-order valence-electron chi connectivity index (χ0n) is 16.4. The van der Waals surface area contributed by atoms with Crippen LogP contribution in [0, 0.1) is 11.8 Å². The fourth-order valence-electron chi connectivity index (χ4n) is 2.17. The Morgan fingerprint density at radius 1 is 1.07 bits per heavy atom. The zero-order chi connectivity index (χ0) is 20.4. The van der Waals surface area contributed by atoms with Crippen LogP contribution in [0.4, 0.5) is 0 Å². The molecule has 27 heavy (non-hydrogen) atoms. The first-order chi connectivity index (χ1) is 12.7. The number of ether oxygens (including phenoxy) is 4. The van der Waals surface area contributed by atoms with Gasteiger partial charge in [0.05, 0.1) is 12.9 Å². The minimum atomic E-state index is -0.669. The minimum Gasteiger partial charge on any atom is -0.466 e. The van der Waals surface area contributed by atoms with Gasteiger partial charge in [-0.1, -0.05) is 17.4 Å². The molecule has 0 saturated carbocycles. The lowest BCUT2D eigenvalue weighted by atomic mass is 10.0. The van der Waals surface area contributed by atoms with Crippen molar-refractivity contribution < 1.29 is 33.3 Å². The summed E-state index contributed by atoms with van der Waals surface area (Å²) in [6.07, 6.45) is 2.56. The van der Waals surface area contributed by atoms with Crippen LogP contribution in [0.1, 0.15) is 47.5 Å². The van der Waals surface area contributed by atoms with Crippen molar-refractivity contribution in [3.8, 4) is 11.8 Å². The molecule has 3 atom stereocenters. The molecular weight excluding hydrogens is 352 g/mol. The van der Waals surface area contributed by atoms with Crippen molar-refractivity contribution in [2.75, 3.05) is 6.61 Å². The van der Waals surface area contributed by atoms with Gasteiger partial charge in [0, 0.05) is 39.2 Å². The Bertz CT molecular complexity index is 674. The van der Waals surface area contributed by atoms with Crippen molar-refractivity contribution in [3.05, 3.63) is 23.5 Å². The van der Waals surface area contributed by atoms with Crippen molar-refractivity contribution in [2.24, 2.45) is 0 Å². The van der Waals surface area contributed by atoms with Crippen LogP contribution in [0.5, 0.6) is 0 Å². The fourth-order valence-corrected chi connectivity index (χ4v) is 2.17. The lowest BCUT2D eigenvalue weighted by Gasteiger charge is -2.19. The van der Waals surface area contributed by atoms with E-state index in [1.807, 2.05) is 13.8 Å². The van der Waals surface area contributed by atoms with Gasteiger partial charge in [-0.25, -0.2) is 0 Å². The average molecular weight is 378 g/mol. The molecule has 0 amide bonds. The lowest BCUT2D eigenvalue weighted by molar-refractivity contribution is -0.146. The molecule has 7 heteroatoms. The largest absolute Gasteiger partial charge is 0.466 e. The molecule has 1 saturated heterocycles. The zero-order valence-corrected chi connectivity index (χ0v) is 16.4. The topological polar surface area (TPSA) is 91.4 Å². The first kappa shape index (κ1) is 22.5. The molecule has 1 aliphatic heterocycles. The number of hydrogen-bond acceptors (Lipinski definition) is 7. The number of allylic oxidation sites excluding steroid dienone is 2. The van der Waals surface area contributed by atoms with Gasteiger partial charge in [0.2, 0.25) is 0 Å². The molecule has 148 valence electrons. The summed E-state index contributed by atoms with van der Waals surface area (Å²) in [5, 5.41) is 0. The molecule has 0 unspecified atom stereocenters. The maximum Gasteiger partial charge on any atom is 0.307 e. The maximum atomic E-state index is 11.5. The van der Waals surface area contributed by atoms with Crippen LogP contribution in [0.15, 0.2) is 23.5 Å². The van der Waals surface area contributed by atoms with Crippen molar-refractivity contribution in [3.63, 3.8) is 0 Å². The monoisotopic (exact) mass is 378 g/mol. The van der Waals surface area contributed by atoms with Gasteiger partial charge in [-0.2, -0.15) is 0 Å². The summed E-state index contributed by atoms with van der Waals surface area (Å²) in [6.45, 7) is 7.84. The fraction of sp³-hybridized carbons (Fsp3) is 0.550. The van der Waals surface area contributed by atoms with Crippen LogP contribution in [-0.2, 0) is 33.3 Å². The molecule has 0 aromatic carbocycles. The Labute approximate surface area is 159 Å². The van der Waals surface area contributed by atoms with E-state index >= 15 is 0 Å². The normalized spacial score (nSPS) is 19.1. The van der Waals surface area contributed by atoms with Gasteiger partial charge >= 0.3 is 17.9 Å². The first-order valence-electron chi connectivity index (χ1n) is 8.65. The molecule has 0 N–H and O–H groups in total. The second kappa shape index (κ2) is 11.2. The third-order valence-electron chi connectivity index (χ3n) is 3.41. The van der Waals surface area contributed by atoms with Crippen LogP contribution in [0.25, 0.3) is 0 Å². The van der Waals surface area contributed by atoms with Crippen molar-refractivity contribution in [2.45, 2.75) is 65.8 Å². The summed E-state index contributed by atoms with van der Waals surface area (Å²) in [5.74, 6) is 4.49. The van der Waals surface area contributed by atoms with Gasteiger partial charge in [-0.05, 0) is 19.9 Å². The molecule has 1 heterocycles. The third kappa shape index (κ3) is 10.2. The highest BCUT2D eigenvalue weighted by Gasteiger charge is 2.40. The number of epoxide rings is 1. The molecule has 0 bridgehead atoms. The van der Waals surface area contributed by atoms with E-state index in [2.05, 4.69) is 11.8 Å². The molecule has 1 aliphatic rings. The summed E-state index contributed by atoms with van der Waals surface area (Å²) in [6, 6.07) is 0. The maximum absolute atomic E-state index is 11.5. The predicted molar refractivity (Wildman–Crippen MR) is 97.1 cm³/mol. The van der Waals surface area contributed by atoms with Crippen molar-refractivity contribution >= 4 is 17.9 Å². The van der Waals surface area contributed by atoms with Gasteiger partial charge in [0.15, 0.2) is 0 Å². The Morgan fingerprint density at radius 2 is 1.78 bits per heavy atom. The number of carbonyl (C=O) groups excluding carboxylic acids is 3. The van der Waals surface area contributed by atoms with E-state index in [4.69, 9.17) is 18.9 Å². The summed E-state index contributed by atoms with van der Waals surface area (Å²) in [4.78, 5) is 33.6. The molecule has 0 radical (unpaired) electrons. The highest BCUT2D eigenvalue weighted by atomic mass is 16.6. The highest BCUT2D eigenvalue weighted by molar-refractivity contribution is 5.67. The van der Waals surface area contributed by atoms with Gasteiger partial charge < -0.3 is 18.9 Å². The van der Waals surface area contributed by atoms with E-state index in [9.17, 15) is 14.4 Å². The smallest absolute Gasteiger partial charge is 0.307 e. The third-order valence-corrected chi connectivity index (χ3v) is 3.41. The van der Waals surface area contributed by atoms with Gasteiger partial charge in [0.1, 0.15) is 18.3 Å². The Balaban J connectivity index is 2.81. The average Bonchev–Trinajstić information content (AvgIpc) is 3.26. The molecule has 0 spiro atoms. The molecule has 0 aromatic heterocycles. The summed E-state index contributed by atoms with van der Waals surface area (Å²) >= 11 is 0. The van der Waals surface area contributed by atoms with E-state index < -0.39 is 24.0 Å². The van der Waals surface area contributed by atoms with Gasteiger partial charge in [0.25, 0.3) is 0 Å². The van der Waals surface area contributed by atoms with Crippen molar-refractivity contribution in [1.82, 2.24) is 0 Å². The first-order valence-corrected chi connectivity index (χ1v) is 8.65.